The van der Waals surface area contributed by atoms with Gasteiger partial charge in [0.15, 0.2) is 0 Å². The number of alkyl halides is 3. The summed E-state index contributed by atoms with van der Waals surface area (Å²) in [6.07, 6.45) is -1.84. The lowest BCUT2D eigenvalue weighted by atomic mass is 9.94. The zero-order valence-electron chi connectivity index (χ0n) is 24.2. The zero-order valence-corrected chi connectivity index (χ0v) is 25.0. The molecular weight excluding hydrogens is 581 g/mol. The molecule has 1 fully saturated rings. The number of nitrogens with zero attached hydrogens (tertiary/aromatic N) is 6. The molecule has 0 saturated carbocycles. The molecule has 0 spiro atoms. The van der Waals surface area contributed by atoms with Crippen molar-refractivity contribution in [3.8, 4) is 11.1 Å². The summed E-state index contributed by atoms with van der Waals surface area (Å²) >= 11 is 1.29. The minimum Gasteiger partial charge on any atom is -0.383 e. The number of hydrogen-bond acceptors (Lipinski definition) is 7. The van der Waals surface area contributed by atoms with Gasteiger partial charge in [-0.2, -0.15) is 23.3 Å². The molecule has 0 aliphatic carbocycles. The Balaban J connectivity index is 1.69. The molecule has 1 saturated heterocycles. The van der Waals surface area contributed by atoms with Gasteiger partial charge in [0.2, 0.25) is 5.91 Å². The van der Waals surface area contributed by atoms with Gasteiger partial charge in [-0.1, -0.05) is 24.8 Å². The number of carbonyl (C=O) groups is 1. The smallest absolute Gasteiger partial charge is 0.383 e. The van der Waals surface area contributed by atoms with Crippen molar-refractivity contribution in [3.05, 3.63) is 59.2 Å². The molecule has 0 radical (unpaired) electrons. The lowest BCUT2D eigenvalue weighted by Gasteiger charge is -2.45. The molecule has 2 aliphatic heterocycles. The number of piperazine rings is 1. The zero-order chi connectivity index (χ0) is 30.8. The van der Waals surface area contributed by atoms with E-state index in [4.69, 9.17) is 4.74 Å². The predicted octanol–water partition coefficient (Wildman–Crippen LogP) is 4.87. The molecule has 2 aliphatic rings. The summed E-state index contributed by atoms with van der Waals surface area (Å²) in [7, 11) is 3.23. The van der Waals surface area contributed by atoms with Gasteiger partial charge in [-0.05, 0) is 26.0 Å². The number of anilines is 1. The number of hydrogen-bond donors (Lipinski definition) is 0. The first kappa shape index (κ1) is 29.2. The van der Waals surface area contributed by atoms with Crippen LogP contribution in [0.5, 0.6) is 0 Å². The lowest BCUT2D eigenvalue weighted by molar-refractivity contribution is -0.137. The van der Waals surface area contributed by atoms with Crippen LogP contribution in [0.3, 0.4) is 0 Å². The van der Waals surface area contributed by atoms with Crippen molar-refractivity contribution in [3.63, 3.8) is 0 Å². The Bertz CT molecular complexity index is 1830. The topological polar surface area (TPSA) is 85.5 Å². The van der Waals surface area contributed by atoms with E-state index in [0.717, 1.165) is 6.07 Å². The maximum Gasteiger partial charge on any atom is 0.417 e. The van der Waals surface area contributed by atoms with Crippen molar-refractivity contribution < 1.29 is 22.7 Å². The van der Waals surface area contributed by atoms with Crippen LogP contribution < -0.4 is 10.6 Å². The summed E-state index contributed by atoms with van der Waals surface area (Å²) in [5.41, 5.74) is 0.00563. The number of ether oxygens (including phenoxy) is 1. The number of aryl methyl sites for hydroxylation is 1. The lowest BCUT2D eigenvalue weighted by Crippen LogP contribution is -2.58. The Labute approximate surface area is 249 Å². The summed E-state index contributed by atoms with van der Waals surface area (Å²) in [4.78, 5) is 34.6. The Hall–Kier alpha value is -3.84. The van der Waals surface area contributed by atoms with Crippen LogP contribution in [0, 0.1) is 0 Å². The Morgan fingerprint density at radius 1 is 1.21 bits per heavy atom. The summed E-state index contributed by atoms with van der Waals surface area (Å²) in [6, 6.07) is 5.30. The van der Waals surface area contributed by atoms with Crippen molar-refractivity contribution in [1.82, 2.24) is 24.2 Å². The maximum absolute atomic E-state index is 15.1. The van der Waals surface area contributed by atoms with Crippen molar-refractivity contribution in [2.24, 2.45) is 7.05 Å². The number of thioether (sulfide) groups is 1. The fraction of sp³-hybridized carbons (Fsp3) is 0.400. The van der Waals surface area contributed by atoms with Crippen LogP contribution in [-0.2, 0) is 22.8 Å². The van der Waals surface area contributed by atoms with Gasteiger partial charge in [0.25, 0.3) is 0 Å². The van der Waals surface area contributed by atoms with Gasteiger partial charge in [-0.3, -0.25) is 14.0 Å². The molecule has 9 nitrogen and oxygen atoms in total. The van der Waals surface area contributed by atoms with E-state index in [9.17, 15) is 9.59 Å². The third-order valence-electron chi connectivity index (χ3n) is 8.34. The fourth-order valence-electron chi connectivity index (χ4n) is 6.40. The number of carbonyl (C=O) groups excluding carboxylic acids is 1. The van der Waals surface area contributed by atoms with Crippen LogP contribution in [0.25, 0.3) is 32.9 Å². The van der Waals surface area contributed by atoms with Crippen molar-refractivity contribution >= 4 is 45.3 Å². The molecule has 13 heteroatoms. The van der Waals surface area contributed by atoms with E-state index in [1.54, 1.807) is 35.0 Å². The highest BCUT2D eigenvalue weighted by molar-refractivity contribution is 7.99. The second-order valence-electron chi connectivity index (χ2n) is 11.1. The number of halogens is 3. The van der Waals surface area contributed by atoms with E-state index in [-0.39, 0.29) is 47.9 Å². The Morgan fingerprint density at radius 3 is 2.67 bits per heavy atom. The number of methoxy groups -OCH3 is 1. The summed E-state index contributed by atoms with van der Waals surface area (Å²) in [6.45, 7) is 8.10. The van der Waals surface area contributed by atoms with Gasteiger partial charge in [-0.15, -0.1) is 11.8 Å². The monoisotopic (exact) mass is 612 g/mol. The van der Waals surface area contributed by atoms with Gasteiger partial charge in [0.05, 0.1) is 35.4 Å². The van der Waals surface area contributed by atoms with Gasteiger partial charge >= 0.3 is 11.9 Å². The first-order valence-corrected chi connectivity index (χ1v) is 14.9. The standard InChI is InChI=1S/C30H31F3N6O3S/c1-6-23(40)37-12-17(3)38(13-16(37)2)28-21-10-22(30(31,32)33)24(20-9-7-8-18-11-34-36(4)25(18)20)27-26(21)39(29(41)35-28)19(14-42-5)15-43-27/h6-11,16-17,19H,1,12-15H2,2-5H3/t16-,17+,19?/m1/s1. The van der Waals surface area contributed by atoms with E-state index in [1.165, 1.54) is 29.5 Å². The van der Waals surface area contributed by atoms with Crippen LogP contribution in [0.2, 0.25) is 0 Å². The fourth-order valence-corrected chi connectivity index (χ4v) is 7.71. The minimum absolute atomic E-state index is 0.0168. The molecule has 43 heavy (non-hydrogen) atoms. The Kier molecular flexibility index (Phi) is 7.28. The first-order valence-electron chi connectivity index (χ1n) is 13.9. The van der Waals surface area contributed by atoms with E-state index in [0.29, 0.717) is 39.2 Å². The molecule has 226 valence electrons. The maximum atomic E-state index is 15.1. The van der Waals surface area contributed by atoms with E-state index >= 15 is 13.2 Å². The molecule has 1 unspecified atom stereocenters. The number of rotatable bonds is 5. The summed E-state index contributed by atoms with van der Waals surface area (Å²) in [5, 5.41) is 5.24. The second-order valence-corrected chi connectivity index (χ2v) is 12.1. The SMILES string of the molecule is C=CC(=O)N1C[C@H](C)N(c2nc(=O)n3c4c(c(-c5cccc6cnn(C)c56)c(C(F)(F)F)cc24)SCC3COC)C[C@H]1C. The van der Waals surface area contributed by atoms with Crippen LogP contribution in [0.1, 0.15) is 25.5 Å². The highest BCUT2D eigenvalue weighted by atomic mass is 32.2. The van der Waals surface area contributed by atoms with Crippen LogP contribution >= 0.6 is 11.8 Å². The van der Waals surface area contributed by atoms with E-state index in [1.807, 2.05) is 24.8 Å². The summed E-state index contributed by atoms with van der Waals surface area (Å²) < 4.78 is 53.7. The third-order valence-corrected chi connectivity index (χ3v) is 9.58. The van der Waals surface area contributed by atoms with E-state index in [2.05, 4.69) is 16.7 Å². The van der Waals surface area contributed by atoms with E-state index < -0.39 is 23.5 Å². The average Bonchev–Trinajstić information content (AvgIpc) is 3.36. The third kappa shape index (κ3) is 4.69. The molecule has 3 atom stereocenters. The largest absolute Gasteiger partial charge is 0.417 e. The number of aromatic nitrogens is 4. The summed E-state index contributed by atoms with van der Waals surface area (Å²) in [5.74, 6) is 0.288. The van der Waals surface area contributed by atoms with Crippen LogP contribution in [0.4, 0.5) is 19.0 Å². The van der Waals surface area contributed by atoms with Crippen molar-refractivity contribution in [2.45, 2.75) is 43.0 Å². The first-order chi connectivity index (χ1) is 20.5. The van der Waals surface area contributed by atoms with Crippen molar-refractivity contribution in [1.29, 1.82) is 0 Å². The highest BCUT2D eigenvalue weighted by Gasteiger charge is 2.41. The van der Waals surface area contributed by atoms with Gasteiger partial charge in [0.1, 0.15) is 5.82 Å². The minimum atomic E-state index is -4.71. The molecule has 0 bridgehead atoms. The van der Waals surface area contributed by atoms with Gasteiger partial charge < -0.3 is 14.5 Å². The molecule has 6 rings (SSSR count). The normalized spacial score (nSPS) is 20.7. The molecule has 2 aromatic carbocycles. The molecule has 2 aromatic heterocycles. The van der Waals surface area contributed by atoms with Crippen molar-refractivity contribution in [2.75, 3.05) is 37.5 Å². The molecule has 1 amide bonds. The molecule has 0 N–H and O–H groups in total. The molecule has 4 aromatic rings. The van der Waals surface area contributed by atoms with Crippen LogP contribution in [-0.4, -0.2) is 74.8 Å². The van der Waals surface area contributed by atoms with Crippen LogP contribution in [0.15, 0.2) is 52.8 Å². The number of para-hydroxylation sites is 1. The Morgan fingerprint density at radius 2 is 1.98 bits per heavy atom. The highest BCUT2D eigenvalue weighted by Crippen LogP contribution is 2.51. The average molecular weight is 613 g/mol. The molecule has 4 heterocycles. The predicted molar refractivity (Wildman–Crippen MR) is 161 cm³/mol. The quantitative estimate of drug-likeness (QED) is 0.297. The van der Waals surface area contributed by atoms with Gasteiger partial charge in [-0.25, -0.2) is 4.79 Å². The number of amides is 1. The molecular formula is C30H31F3N6O3S. The number of benzene rings is 2. The number of fused-ring (bicyclic) bond motifs is 1. The van der Waals surface area contributed by atoms with Gasteiger partial charge in [0, 0.05) is 71.9 Å². The second kappa shape index (κ2) is 10.7.